The third-order valence-electron chi connectivity index (χ3n) is 4.90. The van der Waals surface area contributed by atoms with Crippen LogP contribution in [0.4, 0.5) is 0 Å². The standard InChI is InChI=1S/C24H29BrN2O5S/c1-14(2)31-17(16-10-8-7-9-11-16)12-27-22-19(15(3)20(25)33-22)21(29)26(23(27)30)13-18(28)32-24(4,5)6/h7-11,14,17H,12-13H2,1-6H3/t17-/m0/s1. The zero-order valence-corrected chi connectivity index (χ0v) is 22.1. The van der Waals surface area contributed by atoms with Crippen LogP contribution < -0.4 is 11.2 Å². The molecule has 3 rings (SSSR count). The Bertz CT molecular complexity index is 1270. The second kappa shape index (κ2) is 9.95. The summed E-state index contributed by atoms with van der Waals surface area (Å²) in [5.41, 5.74) is -0.150. The number of benzene rings is 1. The zero-order valence-electron chi connectivity index (χ0n) is 19.7. The monoisotopic (exact) mass is 536 g/mol. The molecule has 0 fully saturated rings. The first kappa shape index (κ1) is 25.4. The van der Waals surface area contributed by atoms with Crippen molar-refractivity contribution in [2.24, 2.45) is 0 Å². The molecule has 2 aromatic heterocycles. The van der Waals surface area contributed by atoms with Crippen molar-refractivity contribution in [3.8, 4) is 0 Å². The summed E-state index contributed by atoms with van der Waals surface area (Å²) in [7, 11) is 0. The molecule has 0 aliphatic carbocycles. The quantitative estimate of drug-likeness (QED) is 0.405. The lowest BCUT2D eigenvalue weighted by Gasteiger charge is -2.23. The molecule has 3 aromatic rings. The van der Waals surface area contributed by atoms with E-state index in [9.17, 15) is 14.4 Å². The summed E-state index contributed by atoms with van der Waals surface area (Å²) in [4.78, 5) is 39.8. The molecule has 9 heteroatoms. The lowest BCUT2D eigenvalue weighted by molar-refractivity contribution is -0.155. The predicted molar refractivity (Wildman–Crippen MR) is 134 cm³/mol. The first-order valence-electron chi connectivity index (χ1n) is 10.7. The topological polar surface area (TPSA) is 79.5 Å². The Balaban J connectivity index is 2.17. The largest absolute Gasteiger partial charge is 0.459 e. The van der Waals surface area contributed by atoms with Gasteiger partial charge in [-0.05, 0) is 68.6 Å². The van der Waals surface area contributed by atoms with Crippen LogP contribution in [0.25, 0.3) is 10.2 Å². The zero-order chi connectivity index (χ0) is 24.5. The van der Waals surface area contributed by atoms with Crippen LogP contribution in [-0.4, -0.2) is 26.8 Å². The number of hydrogen-bond donors (Lipinski definition) is 0. The van der Waals surface area contributed by atoms with Gasteiger partial charge in [-0.25, -0.2) is 9.36 Å². The van der Waals surface area contributed by atoms with Crippen molar-refractivity contribution >= 4 is 43.5 Å². The van der Waals surface area contributed by atoms with E-state index in [2.05, 4.69) is 15.9 Å². The number of esters is 1. The van der Waals surface area contributed by atoms with Gasteiger partial charge >= 0.3 is 11.7 Å². The van der Waals surface area contributed by atoms with E-state index in [0.29, 0.717) is 10.2 Å². The van der Waals surface area contributed by atoms with Crippen molar-refractivity contribution in [3.05, 3.63) is 66.1 Å². The van der Waals surface area contributed by atoms with Gasteiger partial charge in [-0.1, -0.05) is 30.3 Å². The smallest absolute Gasteiger partial charge is 0.332 e. The molecule has 0 amide bonds. The van der Waals surface area contributed by atoms with Crippen molar-refractivity contribution in [3.63, 3.8) is 0 Å². The fourth-order valence-corrected chi connectivity index (χ4v) is 5.25. The fourth-order valence-electron chi connectivity index (χ4n) is 3.56. The second-order valence-corrected chi connectivity index (χ2v) is 11.5. The molecule has 7 nitrogen and oxygen atoms in total. The van der Waals surface area contributed by atoms with Crippen LogP contribution >= 0.6 is 27.3 Å². The molecular weight excluding hydrogens is 508 g/mol. The molecule has 0 saturated carbocycles. The highest BCUT2D eigenvalue weighted by Gasteiger charge is 2.25. The van der Waals surface area contributed by atoms with E-state index in [4.69, 9.17) is 9.47 Å². The van der Waals surface area contributed by atoms with Gasteiger partial charge in [0.25, 0.3) is 5.56 Å². The summed E-state index contributed by atoms with van der Waals surface area (Å²) in [5.74, 6) is -0.641. The summed E-state index contributed by atoms with van der Waals surface area (Å²) in [5, 5.41) is 0.409. The van der Waals surface area contributed by atoms with Crippen LogP contribution in [0.15, 0.2) is 43.7 Å². The summed E-state index contributed by atoms with van der Waals surface area (Å²) in [6, 6.07) is 9.64. The summed E-state index contributed by atoms with van der Waals surface area (Å²) >= 11 is 4.82. The number of fused-ring (bicyclic) bond motifs is 1. The summed E-state index contributed by atoms with van der Waals surface area (Å²) < 4.78 is 14.8. The average Bonchev–Trinajstić information content (AvgIpc) is 3.01. The van der Waals surface area contributed by atoms with Gasteiger partial charge in [-0.3, -0.25) is 14.2 Å². The van der Waals surface area contributed by atoms with Crippen molar-refractivity contribution < 1.29 is 14.3 Å². The Morgan fingerprint density at radius 3 is 2.33 bits per heavy atom. The first-order valence-corrected chi connectivity index (χ1v) is 12.3. The highest BCUT2D eigenvalue weighted by molar-refractivity contribution is 9.11. The van der Waals surface area contributed by atoms with E-state index in [-0.39, 0.29) is 12.6 Å². The number of ether oxygens (including phenoxy) is 2. The van der Waals surface area contributed by atoms with Crippen LogP contribution in [0.3, 0.4) is 0 Å². The van der Waals surface area contributed by atoms with Crippen LogP contribution in [0.5, 0.6) is 0 Å². The van der Waals surface area contributed by atoms with Gasteiger partial charge in [-0.2, -0.15) is 0 Å². The molecule has 0 spiro atoms. The van der Waals surface area contributed by atoms with Gasteiger partial charge in [0.05, 0.1) is 21.8 Å². The SMILES string of the molecule is Cc1c(Br)sc2c1c(=O)n(CC(=O)OC(C)(C)C)c(=O)n2C[C@H](OC(C)C)c1ccccc1. The maximum absolute atomic E-state index is 13.5. The Kier molecular flexibility index (Phi) is 7.65. The molecule has 1 atom stereocenters. The third kappa shape index (κ3) is 5.83. The molecule has 0 unspecified atom stereocenters. The van der Waals surface area contributed by atoms with Crippen LogP contribution in [-0.2, 0) is 27.4 Å². The van der Waals surface area contributed by atoms with Crippen molar-refractivity contribution in [1.29, 1.82) is 0 Å². The van der Waals surface area contributed by atoms with E-state index >= 15 is 0 Å². The van der Waals surface area contributed by atoms with Crippen molar-refractivity contribution in [1.82, 2.24) is 9.13 Å². The summed E-state index contributed by atoms with van der Waals surface area (Å²) in [6.45, 7) is 10.6. The number of carbonyl (C=O) groups excluding carboxylic acids is 1. The highest BCUT2D eigenvalue weighted by Crippen LogP contribution is 2.33. The lowest BCUT2D eigenvalue weighted by Crippen LogP contribution is -2.43. The van der Waals surface area contributed by atoms with Crippen LogP contribution in [0.1, 0.15) is 51.8 Å². The minimum absolute atomic E-state index is 0.0779. The number of rotatable bonds is 7. The maximum atomic E-state index is 13.5. The van der Waals surface area contributed by atoms with E-state index in [0.717, 1.165) is 19.5 Å². The van der Waals surface area contributed by atoms with Gasteiger partial charge in [-0.15, -0.1) is 11.3 Å². The van der Waals surface area contributed by atoms with Crippen molar-refractivity contribution in [2.45, 2.75) is 72.4 Å². The highest BCUT2D eigenvalue weighted by atomic mass is 79.9. The Morgan fingerprint density at radius 1 is 1.12 bits per heavy atom. The van der Waals surface area contributed by atoms with Gasteiger partial charge in [0.1, 0.15) is 23.1 Å². The number of nitrogens with zero attached hydrogens (tertiary/aromatic N) is 2. The molecule has 0 saturated heterocycles. The fraction of sp³-hybridized carbons (Fsp3) is 0.458. The number of hydrogen-bond acceptors (Lipinski definition) is 6. The average molecular weight is 537 g/mol. The van der Waals surface area contributed by atoms with Crippen molar-refractivity contribution in [2.75, 3.05) is 0 Å². The molecule has 1 aromatic carbocycles. The Morgan fingerprint density at radius 2 is 1.76 bits per heavy atom. The molecule has 0 radical (unpaired) electrons. The number of halogens is 1. The lowest BCUT2D eigenvalue weighted by atomic mass is 10.1. The molecule has 2 heterocycles. The number of carbonyl (C=O) groups is 1. The summed E-state index contributed by atoms with van der Waals surface area (Å²) in [6.07, 6.45) is -0.494. The van der Waals surface area contributed by atoms with Gasteiger partial charge in [0, 0.05) is 0 Å². The van der Waals surface area contributed by atoms with Gasteiger partial charge in [0.2, 0.25) is 0 Å². The van der Waals surface area contributed by atoms with E-state index in [1.54, 1.807) is 20.8 Å². The predicted octanol–water partition coefficient (Wildman–Crippen LogP) is 4.80. The molecule has 33 heavy (non-hydrogen) atoms. The Labute approximate surface area is 205 Å². The first-order chi connectivity index (χ1) is 15.4. The molecule has 0 bridgehead atoms. The van der Waals surface area contributed by atoms with E-state index in [1.165, 1.54) is 15.9 Å². The number of aromatic nitrogens is 2. The normalized spacial score (nSPS) is 13.0. The third-order valence-corrected chi connectivity index (χ3v) is 7.08. The Hall–Kier alpha value is -2.23. The van der Waals surface area contributed by atoms with Crippen LogP contribution in [0, 0.1) is 6.92 Å². The minimum atomic E-state index is -0.728. The van der Waals surface area contributed by atoms with Crippen LogP contribution in [0.2, 0.25) is 0 Å². The van der Waals surface area contributed by atoms with E-state index in [1.807, 2.05) is 51.1 Å². The molecule has 0 aliphatic rings. The van der Waals surface area contributed by atoms with Gasteiger partial charge in [0.15, 0.2) is 0 Å². The van der Waals surface area contributed by atoms with Gasteiger partial charge < -0.3 is 9.47 Å². The molecular formula is C24H29BrN2O5S. The molecule has 0 aliphatic heterocycles. The van der Waals surface area contributed by atoms with E-state index < -0.39 is 35.5 Å². The number of aryl methyl sites for hydroxylation is 1. The molecule has 0 N–H and O–H groups in total. The maximum Gasteiger partial charge on any atom is 0.332 e. The second-order valence-electron chi connectivity index (χ2n) is 9.14. The molecule has 178 valence electrons. The number of thiophene rings is 1. The minimum Gasteiger partial charge on any atom is -0.459 e.